The summed E-state index contributed by atoms with van der Waals surface area (Å²) in [6.45, 7) is 8.66. The van der Waals surface area contributed by atoms with Gasteiger partial charge in [0.25, 0.3) is 0 Å². The maximum atomic E-state index is 3.82. The lowest BCUT2D eigenvalue weighted by molar-refractivity contribution is 0.260. The maximum Gasteiger partial charge on any atom is 0.0250 e. The van der Waals surface area contributed by atoms with E-state index in [-0.39, 0.29) is 0 Å². The van der Waals surface area contributed by atoms with E-state index in [1.54, 1.807) is 0 Å². The van der Waals surface area contributed by atoms with Gasteiger partial charge >= 0.3 is 0 Å². The van der Waals surface area contributed by atoms with E-state index in [9.17, 15) is 0 Å². The Balaban J connectivity index is 1.39. The van der Waals surface area contributed by atoms with Crippen LogP contribution >= 0.6 is 0 Å². The standard InChI is InChI=1S/C14H27N3/c1-2-16(12-5-6-12)11-8-15-13-7-10-17-9-3-4-14(13)17/h12-15H,2-11H2,1H3. The highest BCUT2D eigenvalue weighted by molar-refractivity contribution is 4.95. The van der Waals surface area contributed by atoms with Gasteiger partial charge in [-0.2, -0.15) is 0 Å². The third-order valence-electron chi connectivity index (χ3n) is 4.88. The Morgan fingerprint density at radius 3 is 2.82 bits per heavy atom. The first-order valence-corrected chi connectivity index (χ1v) is 7.60. The molecule has 3 heteroatoms. The Labute approximate surface area is 106 Å². The Morgan fingerprint density at radius 2 is 2.06 bits per heavy atom. The number of hydrogen-bond donors (Lipinski definition) is 1. The summed E-state index contributed by atoms with van der Waals surface area (Å²) in [5.41, 5.74) is 0. The van der Waals surface area contributed by atoms with Crippen LogP contribution in [-0.2, 0) is 0 Å². The van der Waals surface area contributed by atoms with Crippen molar-refractivity contribution in [3.63, 3.8) is 0 Å². The first-order valence-electron chi connectivity index (χ1n) is 7.60. The van der Waals surface area contributed by atoms with Crippen LogP contribution in [0.5, 0.6) is 0 Å². The molecule has 17 heavy (non-hydrogen) atoms. The van der Waals surface area contributed by atoms with E-state index in [1.165, 1.54) is 64.8 Å². The van der Waals surface area contributed by atoms with E-state index in [0.29, 0.717) is 0 Å². The van der Waals surface area contributed by atoms with Gasteiger partial charge in [-0.1, -0.05) is 6.92 Å². The summed E-state index contributed by atoms with van der Waals surface area (Å²) < 4.78 is 0. The normalized spacial score (nSPS) is 33.5. The SMILES string of the molecule is CCN(CCNC1CCN2CCCC12)C1CC1. The third-order valence-corrected chi connectivity index (χ3v) is 4.88. The Kier molecular flexibility index (Phi) is 3.69. The molecule has 2 atom stereocenters. The van der Waals surface area contributed by atoms with Crippen LogP contribution in [-0.4, -0.2) is 60.6 Å². The van der Waals surface area contributed by atoms with Crippen LogP contribution in [0.2, 0.25) is 0 Å². The fraction of sp³-hybridized carbons (Fsp3) is 1.00. The molecule has 0 bridgehead atoms. The summed E-state index contributed by atoms with van der Waals surface area (Å²) in [6.07, 6.45) is 7.10. The van der Waals surface area contributed by atoms with Crippen molar-refractivity contribution >= 4 is 0 Å². The number of nitrogens with zero attached hydrogens (tertiary/aromatic N) is 2. The van der Waals surface area contributed by atoms with Crippen molar-refractivity contribution in [3.05, 3.63) is 0 Å². The summed E-state index contributed by atoms with van der Waals surface area (Å²) in [6, 6.07) is 2.58. The zero-order valence-corrected chi connectivity index (χ0v) is 11.2. The molecule has 2 heterocycles. The summed E-state index contributed by atoms with van der Waals surface area (Å²) in [5, 5.41) is 3.82. The highest BCUT2D eigenvalue weighted by atomic mass is 15.2. The largest absolute Gasteiger partial charge is 0.311 e. The fourth-order valence-corrected chi connectivity index (χ4v) is 3.75. The monoisotopic (exact) mass is 237 g/mol. The summed E-state index contributed by atoms with van der Waals surface area (Å²) in [5.74, 6) is 0. The van der Waals surface area contributed by atoms with Crippen molar-refractivity contribution in [2.75, 3.05) is 32.7 Å². The minimum Gasteiger partial charge on any atom is -0.311 e. The van der Waals surface area contributed by atoms with Crippen LogP contribution in [0.1, 0.15) is 39.0 Å². The van der Waals surface area contributed by atoms with E-state index >= 15 is 0 Å². The zero-order chi connectivity index (χ0) is 11.7. The van der Waals surface area contributed by atoms with Crippen molar-refractivity contribution < 1.29 is 0 Å². The van der Waals surface area contributed by atoms with Gasteiger partial charge in [0.05, 0.1) is 0 Å². The molecule has 0 radical (unpaired) electrons. The summed E-state index contributed by atoms with van der Waals surface area (Å²) in [4.78, 5) is 5.34. The van der Waals surface area contributed by atoms with Gasteiger partial charge in [-0.3, -0.25) is 9.80 Å². The Hall–Kier alpha value is -0.120. The molecule has 0 amide bonds. The minimum atomic E-state index is 0.787. The van der Waals surface area contributed by atoms with Crippen molar-refractivity contribution in [1.29, 1.82) is 0 Å². The van der Waals surface area contributed by atoms with Crippen molar-refractivity contribution in [3.8, 4) is 0 Å². The molecular weight excluding hydrogens is 210 g/mol. The first kappa shape index (κ1) is 11.9. The minimum absolute atomic E-state index is 0.787. The van der Waals surface area contributed by atoms with Gasteiger partial charge in [0.1, 0.15) is 0 Å². The molecule has 3 rings (SSSR count). The van der Waals surface area contributed by atoms with E-state index in [1.807, 2.05) is 0 Å². The number of rotatable bonds is 6. The Bertz CT molecular complexity index is 252. The molecule has 1 saturated carbocycles. The highest BCUT2D eigenvalue weighted by Crippen LogP contribution is 2.28. The maximum absolute atomic E-state index is 3.82. The van der Waals surface area contributed by atoms with Crippen LogP contribution in [0.4, 0.5) is 0 Å². The summed E-state index contributed by atoms with van der Waals surface area (Å²) >= 11 is 0. The van der Waals surface area contributed by atoms with E-state index < -0.39 is 0 Å². The van der Waals surface area contributed by atoms with Gasteiger partial charge in [-0.25, -0.2) is 0 Å². The predicted octanol–water partition coefficient (Wildman–Crippen LogP) is 1.30. The molecule has 2 saturated heterocycles. The van der Waals surface area contributed by atoms with Gasteiger partial charge < -0.3 is 5.32 Å². The van der Waals surface area contributed by atoms with E-state index in [2.05, 4.69) is 22.0 Å². The molecule has 2 aliphatic heterocycles. The van der Waals surface area contributed by atoms with Crippen LogP contribution in [0.3, 0.4) is 0 Å². The second kappa shape index (κ2) is 5.25. The molecule has 1 aliphatic carbocycles. The number of fused-ring (bicyclic) bond motifs is 1. The van der Waals surface area contributed by atoms with Crippen molar-refractivity contribution in [2.45, 2.75) is 57.2 Å². The third kappa shape index (κ3) is 2.67. The van der Waals surface area contributed by atoms with Crippen LogP contribution in [0, 0.1) is 0 Å². The quantitative estimate of drug-likeness (QED) is 0.751. The Morgan fingerprint density at radius 1 is 1.18 bits per heavy atom. The van der Waals surface area contributed by atoms with Gasteiger partial charge in [-0.05, 0) is 45.2 Å². The van der Waals surface area contributed by atoms with Gasteiger partial charge in [-0.15, -0.1) is 0 Å². The average Bonchev–Trinajstić information content (AvgIpc) is 2.94. The topological polar surface area (TPSA) is 18.5 Å². The lowest BCUT2D eigenvalue weighted by Crippen LogP contribution is -2.43. The van der Waals surface area contributed by atoms with Crippen LogP contribution < -0.4 is 5.32 Å². The summed E-state index contributed by atoms with van der Waals surface area (Å²) in [7, 11) is 0. The number of hydrogen-bond acceptors (Lipinski definition) is 3. The molecular formula is C14H27N3. The van der Waals surface area contributed by atoms with Crippen molar-refractivity contribution in [2.24, 2.45) is 0 Å². The van der Waals surface area contributed by atoms with Gasteiger partial charge in [0, 0.05) is 37.8 Å². The molecule has 98 valence electrons. The second-order valence-electron chi connectivity index (χ2n) is 5.95. The number of nitrogens with one attached hydrogen (secondary N) is 1. The molecule has 0 aromatic carbocycles. The lowest BCUT2D eigenvalue weighted by Gasteiger charge is -2.24. The van der Waals surface area contributed by atoms with Crippen molar-refractivity contribution in [1.82, 2.24) is 15.1 Å². The van der Waals surface area contributed by atoms with E-state index in [0.717, 1.165) is 18.1 Å². The molecule has 3 aliphatic rings. The van der Waals surface area contributed by atoms with E-state index in [4.69, 9.17) is 0 Å². The van der Waals surface area contributed by atoms with Crippen LogP contribution in [0.15, 0.2) is 0 Å². The predicted molar refractivity (Wildman–Crippen MR) is 71.3 cm³/mol. The molecule has 1 N–H and O–H groups in total. The van der Waals surface area contributed by atoms with Gasteiger partial charge in [0.2, 0.25) is 0 Å². The zero-order valence-electron chi connectivity index (χ0n) is 11.2. The van der Waals surface area contributed by atoms with Crippen LogP contribution in [0.25, 0.3) is 0 Å². The fourth-order valence-electron chi connectivity index (χ4n) is 3.75. The smallest absolute Gasteiger partial charge is 0.0250 e. The first-order chi connectivity index (χ1) is 8.38. The molecule has 2 unspecified atom stereocenters. The lowest BCUT2D eigenvalue weighted by atomic mass is 10.1. The molecule has 3 fully saturated rings. The molecule has 0 aromatic heterocycles. The molecule has 0 aromatic rings. The second-order valence-corrected chi connectivity index (χ2v) is 5.95. The highest BCUT2D eigenvalue weighted by Gasteiger charge is 2.36. The molecule has 0 spiro atoms. The number of likely N-dealkylation sites (N-methyl/N-ethyl adjacent to an activating group) is 1. The molecule has 3 nitrogen and oxygen atoms in total. The van der Waals surface area contributed by atoms with Gasteiger partial charge in [0.15, 0.2) is 0 Å². The average molecular weight is 237 g/mol.